The smallest absolute Gasteiger partial charge is 0.254 e. The van der Waals surface area contributed by atoms with E-state index in [1.165, 1.54) is 0 Å². The maximum Gasteiger partial charge on any atom is 0.254 e. The standard InChI is InChI=1S/C19H15ClN2O3S/c20-12-8-11(9-15-17(12)25-10-24-15)19(23)22-7-3-5-14(22)18-21-13-4-1-2-6-16(13)26-18/h1-2,4,6,8-9,14H,3,5,7,10H2. The number of hydrogen-bond donors (Lipinski definition) is 0. The minimum Gasteiger partial charge on any atom is -0.454 e. The van der Waals surface area contributed by atoms with E-state index in [0.717, 1.165) is 28.1 Å². The van der Waals surface area contributed by atoms with Crippen LogP contribution in [0.2, 0.25) is 5.02 Å². The first-order valence-corrected chi connectivity index (χ1v) is 9.66. The Balaban J connectivity index is 1.48. The molecule has 3 aromatic rings. The second-order valence-electron chi connectivity index (χ2n) is 6.37. The van der Waals surface area contributed by atoms with Crippen molar-refractivity contribution < 1.29 is 14.3 Å². The van der Waals surface area contributed by atoms with Crippen LogP contribution in [-0.2, 0) is 0 Å². The van der Waals surface area contributed by atoms with Crippen LogP contribution in [0.15, 0.2) is 36.4 Å². The zero-order valence-corrected chi connectivity index (χ0v) is 15.3. The van der Waals surface area contributed by atoms with Gasteiger partial charge in [0.05, 0.1) is 21.3 Å². The van der Waals surface area contributed by atoms with Gasteiger partial charge in [0, 0.05) is 12.1 Å². The normalized spacial score (nSPS) is 18.7. The summed E-state index contributed by atoms with van der Waals surface area (Å²) < 4.78 is 11.9. The Morgan fingerprint density at radius 3 is 3.04 bits per heavy atom. The van der Waals surface area contributed by atoms with Crippen LogP contribution < -0.4 is 9.47 Å². The highest BCUT2D eigenvalue weighted by Crippen LogP contribution is 2.42. The third-order valence-corrected chi connectivity index (χ3v) is 6.20. The van der Waals surface area contributed by atoms with Gasteiger partial charge in [0.1, 0.15) is 5.01 Å². The van der Waals surface area contributed by atoms with E-state index in [2.05, 4.69) is 6.07 Å². The van der Waals surface area contributed by atoms with Gasteiger partial charge in [-0.05, 0) is 37.1 Å². The van der Waals surface area contributed by atoms with E-state index in [1.54, 1.807) is 23.5 Å². The van der Waals surface area contributed by atoms with Gasteiger partial charge in [-0.2, -0.15) is 0 Å². The number of para-hydroxylation sites is 1. The van der Waals surface area contributed by atoms with Crippen LogP contribution >= 0.6 is 22.9 Å². The summed E-state index contributed by atoms with van der Waals surface area (Å²) in [5, 5.41) is 1.39. The van der Waals surface area contributed by atoms with Crippen molar-refractivity contribution in [2.45, 2.75) is 18.9 Å². The predicted molar refractivity (Wildman–Crippen MR) is 100 cm³/mol. The molecule has 7 heteroatoms. The quantitative estimate of drug-likeness (QED) is 0.643. The summed E-state index contributed by atoms with van der Waals surface area (Å²) in [5.41, 5.74) is 1.50. The van der Waals surface area contributed by atoms with Crippen molar-refractivity contribution in [2.75, 3.05) is 13.3 Å². The summed E-state index contributed by atoms with van der Waals surface area (Å²) in [6, 6.07) is 11.4. The molecular weight excluding hydrogens is 372 g/mol. The van der Waals surface area contributed by atoms with Gasteiger partial charge >= 0.3 is 0 Å². The zero-order chi connectivity index (χ0) is 17.7. The average Bonchev–Trinajstić information content (AvgIpc) is 3.38. The molecule has 2 aliphatic rings. The topological polar surface area (TPSA) is 51.7 Å². The first-order chi connectivity index (χ1) is 12.7. The van der Waals surface area contributed by atoms with Crippen LogP contribution in [0.25, 0.3) is 10.2 Å². The number of rotatable bonds is 2. The third-order valence-electron chi connectivity index (χ3n) is 4.78. The molecule has 1 fully saturated rings. The number of carbonyl (C=O) groups is 1. The minimum absolute atomic E-state index is 0.00379. The number of hydrogen-bond acceptors (Lipinski definition) is 5. The molecule has 26 heavy (non-hydrogen) atoms. The van der Waals surface area contributed by atoms with E-state index in [9.17, 15) is 4.79 Å². The number of fused-ring (bicyclic) bond motifs is 2. The van der Waals surface area contributed by atoms with Gasteiger partial charge in [0.25, 0.3) is 5.91 Å². The van der Waals surface area contributed by atoms with Crippen molar-refractivity contribution in [1.29, 1.82) is 0 Å². The summed E-state index contributed by atoms with van der Waals surface area (Å²) in [4.78, 5) is 19.8. The summed E-state index contributed by atoms with van der Waals surface area (Å²) in [6.07, 6.45) is 1.88. The summed E-state index contributed by atoms with van der Waals surface area (Å²) >= 11 is 7.90. The molecule has 132 valence electrons. The minimum atomic E-state index is -0.0491. The number of nitrogens with zero attached hydrogens (tertiary/aromatic N) is 2. The molecule has 1 unspecified atom stereocenters. The Bertz CT molecular complexity index is 986. The lowest BCUT2D eigenvalue weighted by Gasteiger charge is -2.23. The van der Waals surface area contributed by atoms with Crippen LogP contribution in [0.5, 0.6) is 11.5 Å². The fourth-order valence-corrected chi connectivity index (χ4v) is 4.94. The Hall–Kier alpha value is -2.31. The lowest BCUT2D eigenvalue weighted by molar-refractivity contribution is 0.0735. The van der Waals surface area contributed by atoms with Gasteiger partial charge in [-0.3, -0.25) is 4.79 Å². The van der Waals surface area contributed by atoms with Gasteiger partial charge in [-0.1, -0.05) is 23.7 Å². The van der Waals surface area contributed by atoms with E-state index in [-0.39, 0.29) is 18.7 Å². The zero-order valence-electron chi connectivity index (χ0n) is 13.8. The molecule has 1 aromatic heterocycles. The second kappa shape index (κ2) is 6.14. The Morgan fingerprint density at radius 1 is 1.27 bits per heavy atom. The Kier molecular flexibility index (Phi) is 3.76. The molecule has 2 aromatic carbocycles. The molecule has 0 saturated carbocycles. The van der Waals surface area contributed by atoms with E-state index in [1.807, 2.05) is 23.1 Å². The van der Waals surface area contributed by atoms with Gasteiger partial charge in [-0.25, -0.2) is 4.98 Å². The summed E-state index contributed by atoms with van der Waals surface area (Å²) in [5.74, 6) is 0.982. The monoisotopic (exact) mass is 386 g/mol. The van der Waals surface area contributed by atoms with Gasteiger partial charge in [0.15, 0.2) is 11.5 Å². The van der Waals surface area contributed by atoms with E-state index in [4.69, 9.17) is 26.1 Å². The molecule has 0 radical (unpaired) electrons. The SMILES string of the molecule is O=C(c1cc(Cl)c2c(c1)OCO2)N1CCCC1c1nc2ccccc2s1. The largest absolute Gasteiger partial charge is 0.454 e. The summed E-state index contributed by atoms with van der Waals surface area (Å²) in [6.45, 7) is 0.843. The van der Waals surface area contributed by atoms with Crippen molar-refractivity contribution in [1.82, 2.24) is 9.88 Å². The molecule has 5 nitrogen and oxygen atoms in total. The fraction of sp³-hybridized carbons (Fsp3) is 0.263. The van der Waals surface area contributed by atoms with Gasteiger partial charge in [-0.15, -0.1) is 11.3 Å². The number of halogens is 1. The number of carbonyl (C=O) groups excluding carboxylic acids is 1. The summed E-state index contributed by atoms with van der Waals surface area (Å²) in [7, 11) is 0. The molecule has 0 N–H and O–H groups in total. The molecule has 0 aliphatic carbocycles. The maximum atomic E-state index is 13.1. The lowest BCUT2D eigenvalue weighted by atomic mass is 10.1. The average molecular weight is 387 g/mol. The second-order valence-corrected chi connectivity index (χ2v) is 7.84. The van der Waals surface area contributed by atoms with Crippen molar-refractivity contribution in [3.63, 3.8) is 0 Å². The number of aromatic nitrogens is 1. The molecule has 1 amide bonds. The van der Waals surface area contributed by atoms with Crippen LogP contribution in [0.1, 0.15) is 34.2 Å². The van der Waals surface area contributed by atoms with Gasteiger partial charge < -0.3 is 14.4 Å². The Labute approximate surface area is 159 Å². The number of benzene rings is 2. The number of likely N-dealkylation sites (tertiary alicyclic amines) is 1. The maximum absolute atomic E-state index is 13.1. The Morgan fingerprint density at radius 2 is 2.15 bits per heavy atom. The number of ether oxygens (including phenoxy) is 2. The van der Waals surface area contributed by atoms with Crippen molar-refractivity contribution >= 4 is 39.1 Å². The van der Waals surface area contributed by atoms with Crippen molar-refractivity contribution in [3.8, 4) is 11.5 Å². The molecule has 1 atom stereocenters. The predicted octanol–water partition coefficient (Wildman–Crippen LogP) is 4.66. The first kappa shape index (κ1) is 15.9. The molecule has 0 bridgehead atoms. The fourth-order valence-electron chi connectivity index (χ4n) is 3.56. The van der Waals surface area contributed by atoms with Crippen LogP contribution in [0.3, 0.4) is 0 Å². The van der Waals surface area contributed by atoms with E-state index >= 15 is 0 Å². The van der Waals surface area contributed by atoms with E-state index in [0.29, 0.717) is 28.6 Å². The molecule has 3 heterocycles. The first-order valence-electron chi connectivity index (χ1n) is 8.46. The number of amides is 1. The van der Waals surface area contributed by atoms with Crippen LogP contribution in [-0.4, -0.2) is 29.1 Å². The molecule has 0 spiro atoms. The molecular formula is C19H15ClN2O3S. The molecule has 2 aliphatic heterocycles. The van der Waals surface area contributed by atoms with Crippen LogP contribution in [0, 0.1) is 0 Å². The van der Waals surface area contributed by atoms with E-state index < -0.39 is 0 Å². The lowest BCUT2D eigenvalue weighted by Crippen LogP contribution is -2.30. The highest BCUT2D eigenvalue weighted by molar-refractivity contribution is 7.18. The van der Waals surface area contributed by atoms with Crippen LogP contribution in [0.4, 0.5) is 0 Å². The molecule has 1 saturated heterocycles. The number of thiazole rings is 1. The van der Waals surface area contributed by atoms with Crippen molar-refractivity contribution in [3.05, 3.63) is 52.0 Å². The highest BCUT2D eigenvalue weighted by atomic mass is 35.5. The third kappa shape index (κ3) is 2.52. The molecule has 5 rings (SSSR count). The highest BCUT2D eigenvalue weighted by Gasteiger charge is 2.34. The van der Waals surface area contributed by atoms with Crippen molar-refractivity contribution in [2.24, 2.45) is 0 Å². The van der Waals surface area contributed by atoms with Gasteiger partial charge in [0.2, 0.25) is 6.79 Å².